The van der Waals surface area contributed by atoms with Crippen LogP contribution >= 0.6 is 0 Å². The molecule has 1 aromatic rings. The summed E-state index contributed by atoms with van der Waals surface area (Å²) >= 11 is 0. The number of benzene rings is 1. The molecule has 3 amide bonds. The fourth-order valence-electron chi connectivity index (χ4n) is 7.95. The normalized spacial score (nSPS) is 28.7. The Bertz CT molecular complexity index is 1260. The molecule has 244 valence electrons. The molecule has 10 heteroatoms. The van der Waals surface area contributed by atoms with E-state index in [0.717, 1.165) is 32.1 Å². The van der Waals surface area contributed by atoms with E-state index in [1.807, 2.05) is 35.2 Å². The third kappa shape index (κ3) is 6.31. The summed E-state index contributed by atoms with van der Waals surface area (Å²) in [5.74, 6) is -3.18. The molecule has 1 saturated carbocycles. The number of nitrogens with one attached hydrogen (secondary N) is 1. The third-order valence-corrected chi connectivity index (χ3v) is 10.1. The van der Waals surface area contributed by atoms with Gasteiger partial charge < -0.3 is 29.7 Å². The SMILES string of the molecule is C=CCCC(=O)NC[C@@H](OC(=O)[C@@H]1[C@H]2C(=O)N([C@H](C)CO)[C@H](C(=O)N(CC=C)C3CCCCC3)[C@]23CC[C@H]1O3)c1ccccc1. The van der Waals surface area contributed by atoms with Crippen molar-refractivity contribution in [3.05, 3.63) is 61.2 Å². The van der Waals surface area contributed by atoms with Gasteiger partial charge in [0.1, 0.15) is 17.7 Å². The number of rotatable bonds is 14. The Morgan fingerprint density at radius 3 is 2.56 bits per heavy atom. The quantitative estimate of drug-likeness (QED) is 0.241. The molecular weight excluding hydrogens is 574 g/mol. The van der Waals surface area contributed by atoms with Gasteiger partial charge in [0.15, 0.2) is 0 Å². The Labute approximate surface area is 265 Å². The van der Waals surface area contributed by atoms with Crippen LogP contribution in [0.2, 0.25) is 0 Å². The largest absolute Gasteiger partial charge is 0.455 e. The van der Waals surface area contributed by atoms with Crippen molar-refractivity contribution in [1.82, 2.24) is 15.1 Å². The summed E-state index contributed by atoms with van der Waals surface area (Å²) in [6.45, 7) is 9.35. The van der Waals surface area contributed by atoms with Crippen molar-refractivity contribution >= 4 is 23.7 Å². The van der Waals surface area contributed by atoms with Gasteiger partial charge in [0.25, 0.3) is 0 Å². The molecule has 4 aliphatic rings. The van der Waals surface area contributed by atoms with Crippen LogP contribution < -0.4 is 5.32 Å². The zero-order valence-electron chi connectivity index (χ0n) is 26.3. The fraction of sp³-hybridized carbons (Fsp3) is 0.600. The minimum atomic E-state index is -1.19. The van der Waals surface area contributed by atoms with Gasteiger partial charge in [-0.2, -0.15) is 0 Å². The lowest BCUT2D eigenvalue weighted by Crippen LogP contribution is -2.60. The van der Waals surface area contributed by atoms with E-state index >= 15 is 0 Å². The summed E-state index contributed by atoms with van der Waals surface area (Å²) in [6, 6.07) is 7.59. The molecule has 2 N–H and O–H groups in total. The Hall–Kier alpha value is -3.50. The lowest BCUT2D eigenvalue weighted by molar-refractivity contribution is -0.161. The van der Waals surface area contributed by atoms with Crippen LogP contribution in [0.25, 0.3) is 0 Å². The van der Waals surface area contributed by atoms with Crippen LogP contribution in [0, 0.1) is 11.8 Å². The molecule has 3 saturated heterocycles. The summed E-state index contributed by atoms with van der Waals surface area (Å²) in [5, 5.41) is 13.1. The first-order valence-corrected chi connectivity index (χ1v) is 16.4. The summed E-state index contributed by atoms with van der Waals surface area (Å²) in [5.41, 5.74) is -0.483. The van der Waals surface area contributed by atoms with Gasteiger partial charge in [-0.25, -0.2) is 0 Å². The molecule has 7 atom stereocenters. The van der Waals surface area contributed by atoms with Crippen molar-refractivity contribution in [3.63, 3.8) is 0 Å². The molecule has 0 unspecified atom stereocenters. The van der Waals surface area contributed by atoms with E-state index in [4.69, 9.17) is 9.47 Å². The molecule has 0 aromatic heterocycles. The Kier molecular flexibility index (Phi) is 10.4. The molecule has 5 rings (SSSR count). The zero-order valence-corrected chi connectivity index (χ0v) is 26.3. The van der Waals surface area contributed by atoms with E-state index in [1.54, 1.807) is 19.1 Å². The standard InChI is InChI=1S/C35H47N3O7/c1-4-6-17-28(40)36-21-27(24-13-9-7-10-14-24)44-34(43)29-26-18-19-35(45-26)30(29)32(41)38(23(3)22-39)31(35)33(42)37(20-5-2)25-15-11-8-12-16-25/h4-5,7,9-10,13-14,23,25-27,29-31,39H,1-2,6,8,11-12,15-22H2,3H3,(H,36,40)/t23-,26-,27-,29+,30+,31-,35+/m1/s1. The first kappa shape index (κ1) is 32.9. The predicted molar refractivity (Wildman–Crippen MR) is 167 cm³/mol. The molecule has 4 fully saturated rings. The fourth-order valence-corrected chi connectivity index (χ4v) is 7.95. The molecule has 3 heterocycles. The Balaban J connectivity index is 1.43. The van der Waals surface area contributed by atoms with Crippen LogP contribution in [0.5, 0.6) is 0 Å². The average molecular weight is 622 g/mol. The second-order valence-corrected chi connectivity index (χ2v) is 12.9. The number of nitrogens with zero attached hydrogens (tertiary/aromatic N) is 2. The van der Waals surface area contributed by atoms with E-state index < -0.39 is 47.7 Å². The second-order valence-electron chi connectivity index (χ2n) is 12.9. The summed E-state index contributed by atoms with van der Waals surface area (Å²) in [7, 11) is 0. The molecule has 1 aromatic carbocycles. The van der Waals surface area contributed by atoms with Gasteiger partial charge in [-0.3, -0.25) is 19.2 Å². The van der Waals surface area contributed by atoms with Gasteiger partial charge in [-0.05, 0) is 44.6 Å². The topological polar surface area (TPSA) is 125 Å². The van der Waals surface area contributed by atoms with Crippen molar-refractivity contribution in [2.45, 2.75) is 101 Å². The van der Waals surface area contributed by atoms with Gasteiger partial charge in [0, 0.05) is 19.0 Å². The molecule has 3 aliphatic heterocycles. The summed E-state index contributed by atoms with van der Waals surface area (Å²) < 4.78 is 12.7. The zero-order chi connectivity index (χ0) is 32.1. The van der Waals surface area contributed by atoms with Gasteiger partial charge >= 0.3 is 5.97 Å². The van der Waals surface area contributed by atoms with Crippen molar-refractivity contribution in [3.8, 4) is 0 Å². The van der Waals surface area contributed by atoms with Crippen LogP contribution in [-0.4, -0.2) is 88.1 Å². The van der Waals surface area contributed by atoms with Crippen LogP contribution in [-0.2, 0) is 28.7 Å². The lowest BCUT2D eigenvalue weighted by Gasteiger charge is -2.41. The lowest BCUT2D eigenvalue weighted by atomic mass is 9.70. The van der Waals surface area contributed by atoms with Gasteiger partial charge in [-0.15, -0.1) is 13.2 Å². The average Bonchev–Trinajstić information content (AvgIpc) is 3.72. The number of amides is 3. The first-order chi connectivity index (χ1) is 21.8. The molecule has 0 radical (unpaired) electrons. The number of likely N-dealkylation sites (tertiary alicyclic amines) is 1. The highest BCUT2D eigenvalue weighted by Crippen LogP contribution is 2.59. The van der Waals surface area contributed by atoms with E-state index in [-0.39, 0.29) is 43.3 Å². The maximum absolute atomic E-state index is 14.6. The van der Waals surface area contributed by atoms with Crippen molar-refractivity contribution in [2.24, 2.45) is 11.8 Å². The smallest absolute Gasteiger partial charge is 0.313 e. The molecule has 1 spiro atoms. The minimum absolute atomic E-state index is 0.0359. The van der Waals surface area contributed by atoms with Gasteiger partial charge in [0.2, 0.25) is 17.7 Å². The van der Waals surface area contributed by atoms with E-state index in [9.17, 15) is 24.3 Å². The van der Waals surface area contributed by atoms with E-state index in [2.05, 4.69) is 18.5 Å². The first-order valence-electron chi connectivity index (χ1n) is 16.4. The van der Waals surface area contributed by atoms with Crippen LogP contribution in [0.15, 0.2) is 55.6 Å². The number of aliphatic hydroxyl groups is 1. The predicted octanol–water partition coefficient (Wildman–Crippen LogP) is 3.46. The molecule has 45 heavy (non-hydrogen) atoms. The molecule has 2 bridgehead atoms. The highest BCUT2D eigenvalue weighted by Gasteiger charge is 2.75. The second kappa shape index (κ2) is 14.3. The van der Waals surface area contributed by atoms with Crippen LogP contribution in [0.4, 0.5) is 0 Å². The number of esters is 1. The van der Waals surface area contributed by atoms with Crippen molar-refractivity contribution in [1.29, 1.82) is 0 Å². The maximum atomic E-state index is 14.6. The number of carbonyl (C=O) groups excluding carboxylic acids is 4. The number of hydrogen-bond donors (Lipinski definition) is 2. The number of allylic oxidation sites excluding steroid dienone is 1. The number of aliphatic hydroxyl groups excluding tert-OH is 1. The molecule has 1 aliphatic carbocycles. The monoisotopic (exact) mass is 621 g/mol. The summed E-state index contributed by atoms with van der Waals surface area (Å²) in [6.07, 6.45) is 8.76. The molecular formula is C35H47N3O7. The van der Waals surface area contributed by atoms with E-state index in [0.29, 0.717) is 31.4 Å². The highest BCUT2D eigenvalue weighted by molar-refractivity contribution is 5.98. The number of fused-ring (bicyclic) bond motifs is 1. The van der Waals surface area contributed by atoms with Gasteiger partial charge in [-0.1, -0.05) is 61.7 Å². The van der Waals surface area contributed by atoms with Crippen molar-refractivity contribution in [2.75, 3.05) is 19.7 Å². The van der Waals surface area contributed by atoms with Crippen LogP contribution in [0.3, 0.4) is 0 Å². The number of hydrogen-bond acceptors (Lipinski definition) is 7. The molecule has 10 nitrogen and oxygen atoms in total. The van der Waals surface area contributed by atoms with Gasteiger partial charge in [0.05, 0.1) is 37.1 Å². The minimum Gasteiger partial charge on any atom is -0.455 e. The summed E-state index contributed by atoms with van der Waals surface area (Å²) in [4.78, 5) is 58.6. The Morgan fingerprint density at radius 1 is 1.16 bits per heavy atom. The number of carbonyl (C=O) groups is 4. The van der Waals surface area contributed by atoms with E-state index in [1.165, 1.54) is 4.90 Å². The third-order valence-electron chi connectivity index (χ3n) is 10.1. The van der Waals surface area contributed by atoms with Crippen LogP contribution in [0.1, 0.15) is 76.4 Å². The van der Waals surface area contributed by atoms with Crippen molar-refractivity contribution < 1.29 is 33.8 Å². The maximum Gasteiger partial charge on any atom is 0.313 e. The highest BCUT2D eigenvalue weighted by atomic mass is 16.6. The Morgan fingerprint density at radius 2 is 1.89 bits per heavy atom. The number of ether oxygens (including phenoxy) is 2.